The van der Waals surface area contributed by atoms with E-state index in [1.165, 1.54) is 6.21 Å². The molecule has 4 nitrogen and oxygen atoms in total. The van der Waals surface area contributed by atoms with Gasteiger partial charge in [-0.3, -0.25) is 4.79 Å². The molecule has 0 aromatic heterocycles. The van der Waals surface area contributed by atoms with Crippen LogP contribution in [0.1, 0.15) is 11.1 Å². The summed E-state index contributed by atoms with van der Waals surface area (Å²) in [5.74, 6) is 0.376. The number of aryl methyl sites for hydroxylation is 1. The molecule has 0 fully saturated rings. The van der Waals surface area contributed by atoms with Crippen LogP contribution in [-0.4, -0.2) is 18.7 Å². The Morgan fingerprint density at radius 1 is 1.17 bits per heavy atom. The molecule has 0 spiro atoms. The molecule has 0 aliphatic heterocycles. The van der Waals surface area contributed by atoms with Gasteiger partial charge in [-0.05, 0) is 46.1 Å². The number of hydrogen-bond acceptors (Lipinski definition) is 3. The first-order valence-electron chi connectivity index (χ1n) is 7.08. The van der Waals surface area contributed by atoms with Crippen molar-refractivity contribution in [3.05, 3.63) is 70.2 Å². The van der Waals surface area contributed by atoms with Crippen LogP contribution < -0.4 is 10.2 Å². The largest absolute Gasteiger partial charge is 0.483 e. The summed E-state index contributed by atoms with van der Waals surface area (Å²) in [5, 5.41) is 3.88. The maximum atomic E-state index is 11.7. The van der Waals surface area contributed by atoms with Crippen molar-refractivity contribution in [2.75, 3.05) is 6.61 Å². The number of ether oxygens (including phenoxy) is 1. The van der Waals surface area contributed by atoms with Gasteiger partial charge in [0.25, 0.3) is 5.91 Å². The zero-order chi connectivity index (χ0) is 16.5. The Bertz CT molecular complexity index is 712. The molecular weight excluding hydrogens is 356 g/mol. The monoisotopic (exact) mass is 372 g/mol. The van der Waals surface area contributed by atoms with E-state index < -0.39 is 0 Å². The van der Waals surface area contributed by atoms with Gasteiger partial charge in [-0.2, -0.15) is 5.10 Å². The van der Waals surface area contributed by atoms with Crippen molar-refractivity contribution in [2.24, 2.45) is 5.10 Å². The molecule has 0 radical (unpaired) electrons. The van der Waals surface area contributed by atoms with E-state index in [-0.39, 0.29) is 12.5 Å². The van der Waals surface area contributed by atoms with Crippen LogP contribution in [0.4, 0.5) is 0 Å². The molecule has 0 aliphatic carbocycles. The van der Waals surface area contributed by atoms with Crippen molar-refractivity contribution < 1.29 is 9.53 Å². The molecule has 0 bridgehead atoms. The average molecular weight is 373 g/mol. The van der Waals surface area contributed by atoms with Gasteiger partial charge < -0.3 is 4.74 Å². The number of amides is 1. The lowest BCUT2D eigenvalue weighted by Gasteiger charge is -2.07. The van der Waals surface area contributed by atoms with E-state index in [1.54, 1.807) is 0 Å². The third-order valence-corrected chi connectivity index (χ3v) is 3.37. The Morgan fingerprint density at radius 2 is 1.87 bits per heavy atom. The van der Waals surface area contributed by atoms with E-state index in [2.05, 4.69) is 26.5 Å². The van der Waals surface area contributed by atoms with E-state index in [9.17, 15) is 4.79 Å². The van der Waals surface area contributed by atoms with Crippen molar-refractivity contribution in [1.82, 2.24) is 5.43 Å². The van der Waals surface area contributed by atoms with Crippen LogP contribution in [0.25, 0.3) is 6.08 Å². The molecule has 2 aromatic carbocycles. The summed E-state index contributed by atoms with van der Waals surface area (Å²) in [4.78, 5) is 11.7. The smallest absolute Gasteiger partial charge is 0.277 e. The minimum absolute atomic E-state index is 0.0811. The van der Waals surface area contributed by atoms with Gasteiger partial charge in [-0.1, -0.05) is 48.5 Å². The topological polar surface area (TPSA) is 50.7 Å². The fourth-order valence-electron chi connectivity index (χ4n) is 1.81. The second kappa shape index (κ2) is 8.90. The van der Waals surface area contributed by atoms with Gasteiger partial charge in [0, 0.05) is 4.48 Å². The van der Waals surface area contributed by atoms with Crippen LogP contribution in [0.2, 0.25) is 0 Å². The third kappa shape index (κ3) is 6.08. The first kappa shape index (κ1) is 17.0. The maximum Gasteiger partial charge on any atom is 0.277 e. The zero-order valence-electron chi connectivity index (χ0n) is 12.7. The first-order valence-corrected chi connectivity index (χ1v) is 7.87. The van der Waals surface area contributed by atoms with Gasteiger partial charge in [-0.25, -0.2) is 5.43 Å². The molecule has 0 unspecified atom stereocenters. The van der Waals surface area contributed by atoms with Crippen molar-refractivity contribution >= 4 is 34.1 Å². The highest BCUT2D eigenvalue weighted by Gasteiger charge is 2.03. The quantitative estimate of drug-likeness (QED) is 0.617. The number of nitrogens with zero attached hydrogens (tertiary/aromatic N) is 1. The van der Waals surface area contributed by atoms with Crippen molar-refractivity contribution in [3.63, 3.8) is 0 Å². The second-order valence-electron chi connectivity index (χ2n) is 4.79. The zero-order valence-corrected chi connectivity index (χ0v) is 14.3. The Labute approximate surface area is 144 Å². The predicted molar refractivity (Wildman–Crippen MR) is 96.7 cm³/mol. The number of allylic oxidation sites excluding steroid dienone is 1. The summed E-state index contributed by atoms with van der Waals surface area (Å²) < 4.78 is 6.19. The molecule has 0 saturated carbocycles. The Morgan fingerprint density at radius 3 is 2.61 bits per heavy atom. The Balaban J connectivity index is 1.80. The molecule has 2 aromatic rings. The number of hydrogen-bond donors (Lipinski definition) is 1. The summed E-state index contributed by atoms with van der Waals surface area (Å²) in [6.07, 6.45) is 3.43. The number of carbonyl (C=O) groups excluding carboxylic acids is 1. The van der Waals surface area contributed by atoms with Gasteiger partial charge in [-0.15, -0.1) is 0 Å². The van der Waals surface area contributed by atoms with Crippen LogP contribution in [0, 0.1) is 6.92 Å². The van der Waals surface area contributed by atoms with Crippen LogP contribution in [-0.2, 0) is 4.79 Å². The highest BCUT2D eigenvalue weighted by Crippen LogP contribution is 2.15. The van der Waals surface area contributed by atoms with Crippen LogP contribution in [0.15, 0.2) is 64.2 Å². The lowest BCUT2D eigenvalue weighted by molar-refractivity contribution is -0.123. The van der Waals surface area contributed by atoms with E-state index in [1.807, 2.05) is 67.6 Å². The van der Waals surface area contributed by atoms with E-state index in [4.69, 9.17) is 4.74 Å². The molecule has 0 atom stereocenters. The molecule has 1 N–H and O–H groups in total. The van der Waals surface area contributed by atoms with E-state index in [0.717, 1.165) is 15.6 Å². The Kier molecular flexibility index (Phi) is 6.56. The van der Waals surface area contributed by atoms with Gasteiger partial charge in [0.1, 0.15) is 5.75 Å². The molecular formula is C18H17BrN2O2. The molecule has 118 valence electrons. The van der Waals surface area contributed by atoms with Gasteiger partial charge >= 0.3 is 0 Å². The molecule has 0 heterocycles. The average Bonchev–Trinajstić information content (AvgIpc) is 2.55. The first-order chi connectivity index (χ1) is 11.1. The summed E-state index contributed by atoms with van der Waals surface area (Å²) in [6.45, 7) is 1.85. The van der Waals surface area contributed by atoms with Crippen molar-refractivity contribution in [3.8, 4) is 5.75 Å². The number of benzene rings is 2. The molecule has 1 amide bonds. The molecule has 5 heteroatoms. The fourth-order valence-corrected chi connectivity index (χ4v) is 2.17. The van der Waals surface area contributed by atoms with Crippen LogP contribution >= 0.6 is 15.9 Å². The lowest BCUT2D eigenvalue weighted by atomic mass is 10.2. The second-order valence-corrected chi connectivity index (χ2v) is 5.70. The van der Waals surface area contributed by atoms with Crippen LogP contribution in [0.5, 0.6) is 5.75 Å². The third-order valence-electron chi connectivity index (χ3n) is 2.93. The summed E-state index contributed by atoms with van der Waals surface area (Å²) in [7, 11) is 0. The molecule has 2 rings (SSSR count). The number of hydrazone groups is 1. The standard InChI is InChI=1S/C18H17BrN2O2/c1-14-7-5-6-10-17(14)23-13-18(22)21-20-12-16(19)11-15-8-3-2-4-9-15/h2-12H,13H2,1H3,(H,21,22)/b16-11-,20-12-. The number of para-hydroxylation sites is 1. The fraction of sp³-hybridized carbons (Fsp3) is 0.111. The Hall–Kier alpha value is -2.40. The van der Waals surface area contributed by atoms with Gasteiger partial charge in [0.05, 0.1) is 6.21 Å². The normalized spacial score (nSPS) is 11.5. The minimum atomic E-state index is -0.315. The maximum absolute atomic E-state index is 11.7. The molecule has 0 saturated heterocycles. The lowest BCUT2D eigenvalue weighted by Crippen LogP contribution is -2.24. The van der Waals surface area contributed by atoms with Gasteiger partial charge in [0.15, 0.2) is 6.61 Å². The summed E-state index contributed by atoms with van der Waals surface area (Å²) >= 11 is 3.38. The number of nitrogens with one attached hydrogen (secondary N) is 1. The number of halogens is 1. The highest BCUT2D eigenvalue weighted by atomic mass is 79.9. The van der Waals surface area contributed by atoms with Crippen molar-refractivity contribution in [2.45, 2.75) is 6.92 Å². The number of carbonyl (C=O) groups is 1. The predicted octanol–water partition coefficient (Wildman–Crippen LogP) is 3.91. The highest BCUT2D eigenvalue weighted by molar-refractivity contribution is 9.12. The van der Waals surface area contributed by atoms with Crippen molar-refractivity contribution in [1.29, 1.82) is 0 Å². The summed E-state index contributed by atoms with van der Waals surface area (Å²) in [5.41, 5.74) is 4.45. The van der Waals surface area contributed by atoms with E-state index >= 15 is 0 Å². The minimum Gasteiger partial charge on any atom is -0.483 e. The van der Waals surface area contributed by atoms with E-state index in [0.29, 0.717) is 5.75 Å². The molecule has 0 aliphatic rings. The number of rotatable bonds is 6. The van der Waals surface area contributed by atoms with Gasteiger partial charge in [0.2, 0.25) is 0 Å². The van der Waals surface area contributed by atoms with Crippen LogP contribution in [0.3, 0.4) is 0 Å². The molecule has 23 heavy (non-hydrogen) atoms. The SMILES string of the molecule is Cc1ccccc1OCC(=O)N/N=C\C(Br)=C\c1ccccc1. The summed E-state index contributed by atoms with van der Waals surface area (Å²) in [6, 6.07) is 17.3.